The number of hydrogen-bond acceptors (Lipinski definition) is 1. The van der Waals surface area contributed by atoms with Crippen molar-refractivity contribution in [3.63, 3.8) is 0 Å². The molecule has 0 aromatic rings. The molecule has 0 radical (unpaired) electrons. The molecule has 3 atom stereocenters. The van der Waals surface area contributed by atoms with Crippen LogP contribution in [0.3, 0.4) is 0 Å². The molecule has 2 N–H and O–H groups in total. The van der Waals surface area contributed by atoms with E-state index in [0.717, 1.165) is 18.3 Å². The Hall–Kier alpha value is -0.300. The summed E-state index contributed by atoms with van der Waals surface area (Å²) in [6.45, 7) is 8.18. The molecule has 0 aliphatic heterocycles. The zero-order valence-electron chi connectivity index (χ0n) is 7.64. The normalized spacial score (nSPS) is 31.5. The summed E-state index contributed by atoms with van der Waals surface area (Å²) in [6, 6.07) is 0.387. The van der Waals surface area contributed by atoms with Crippen LogP contribution < -0.4 is 5.73 Å². The molecule has 0 bridgehead atoms. The first-order chi connectivity index (χ1) is 5.15. The predicted octanol–water partition coefficient (Wildman–Crippen LogP) is 2.33. The Balaban J connectivity index is 2.22. The summed E-state index contributed by atoms with van der Waals surface area (Å²) < 4.78 is 0. The predicted molar refractivity (Wildman–Crippen MR) is 49.3 cm³/mol. The second-order valence-corrected chi connectivity index (χ2v) is 3.89. The monoisotopic (exact) mass is 153 g/mol. The van der Waals surface area contributed by atoms with Gasteiger partial charge in [-0.1, -0.05) is 18.9 Å². The highest BCUT2D eigenvalue weighted by Gasteiger charge is 2.39. The van der Waals surface area contributed by atoms with Gasteiger partial charge >= 0.3 is 0 Å². The Kier molecular flexibility index (Phi) is 2.72. The van der Waals surface area contributed by atoms with Crippen LogP contribution in [-0.2, 0) is 0 Å². The minimum atomic E-state index is 0.387. The van der Waals surface area contributed by atoms with Gasteiger partial charge in [-0.15, -0.1) is 6.58 Å². The van der Waals surface area contributed by atoms with E-state index in [-0.39, 0.29) is 0 Å². The Bertz CT molecular complexity index is 151. The molecule has 0 aromatic carbocycles. The van der Waals surface area contributed by atoms with Crippen molar-refractivity contribution in [2.45, 2.75) is 39.2 Å². The van der Waals surface area contributed by atoms with E-state index < -0.39 is 0 Å². The van der Waals surface area contributed by atoms with E-state index in [1.54, 1.807) is 0 Å². The Morgan fingerprint density at radius 3 is 2.73 bits per heavy atom. The van der Waals surface area contributed by atoms with Crippen LogP contribution in [0, 0.1) is 11.8 Å². The summed E-state index contributed by atoms with van der Waals surface area (Å²) in [4.78, 5) is 0. The first-order valence-electron chi connectivity index (χ1n) is 4.55. The lowest BCUT2D eigenvalue weighted by Crippen LogP contribution is -2.23. The van der Waals surface area contributed by atoms with Gasteiger partial charge in [-0.2, -0.15) is 0 Å². The van der Waals surface area contributed by atoms with Gasteiger partial charge < -0.3 is 5.73 Å². The van der Waals surface area contributed by atoms with Gasteiger partial charge in [0.25, 0.3) is 0 Å². The third kappa shape index (κ3) is 2.33. The van der Waals surface area contributed by atoms with Crippen LogP contribution in [0.2, 0.25) is 0 Å². The fourth-order valence-corrected chi connectivity index (χ4v) is 1.82. The van der Waals surface area contributed by atoms with Gasteiger partial charge in [-0.25, -0.2) is 0 Å². The maximum absolute atomic E-state index is 5.99. The molecule has 1 heteroatoms. The standard InChI is InChI=1S/C10H19N/c1-4-8-6-9(8)10(11)5-7(2)3/h8-10H,2,4-6,11H2,1,3H3. The molecule has 1 aliphatic rings. The van der Waals surface area contributed by atoms with Crippen LogP contribution in [-0.4, -0.2) is 6.04 Å². The third-order valence-corrected chi connectivity index (χ3v) is 2.64. The molecule has 1 saturated carbocycles. The lowest BCUT2D eigenvalue weighted by atomic mass is 10.0. The molecule has 11 heavy (non-hydrogen) atoms. The van der Waals surface area contributed by atoms with Crippen LogP contribution in [0.25, 0.3) is 0 Å². The zero-order valence-corrected chi connectivity index (χ0v) is 7.64. The average molecular weight is 153 g/mol. The van der Waals surface area contributed by atoms with E-state index in [1.165, 1.54) is 18.4 Å². The summed E-state index contributed by atoms with van der Waals surface area (Å²) in [6.07, 6.45) is 3.67. The lowest BCUT2D eigenvalue weighted by Gasteiger charge is -2.09. The molecular weight excluding hydrogens is 134 g/mol. The van der Waals surface area contributed by atoms with Crippen molar-refractivity contribution in [3.05, 3.63) is 12.2 Å². The van der Waals surface area contributed by atoms with E-state index in [1.807, 2.05) is 0 Å². The largest absolute Gasteiger partial charge is 0.327 e. The summed E-state index contributed by atoms with van der Waals surface area (Å²) in [5, 5.41) is 0. The molecule has 1 aliphatic carbocycles. The quantitative estimate of drug-likeness (QED) is 0.616. The maximum atomic E-state index is 5.99. The molecule has 0 amide bonds. The summed E-state index contributed by atoms with van der Waals surface area (Å²) >= 11 is 0. The fourth-order valence-electron chi connectivity index (χ4n) is 1.82. The molecule has 0 spiro atoms. The van der Waals surface area contributed by atoms with Gasteiger partial charge in [0.15, 0.2) is 0 Å². The van der Waals surface area contributed by atoms with Crippen molar-refractivity contribution in [1.82, 2.24) is 0 Å². The van der Waals surface area contributed by atoms with E-state index in [9.17, 15) is 0 Å². The second-order valence-electron chi connectivity index (χ2n) is 3.89. The van der Waals surface area contributed by atoms with Gasteiger partial charge in [0.2, 0.25) is 0 Å². The van der Waals surface area contributed by atoms with Crippen molar-refractivity contribution in [3.8, 4) is 0 Å². The maximum Gasteiger partial charge on any atom is 0.0107 e. The Labute approximate surface area is 69.7 Å². The van der Waals surface area contributed by atoms with Crippen molar-refractivity contribution >= 4 is 0 Å². The van der Waals surface area contributed by atoms with Crippen LogP contribution in [0.4, 0.5) is 0 Å². The summed E-state index contributed by atoms with van der Waals surface area (Å²) in [5.41, 5.74) is 7.21. The van der Waals surface area contributed by atoms with Crippen LogP contribution in [0.15, 0.2) is 12.2 Å². The summed E-state index contributed by atoms with van der Waals surface area (Å²) in [7, 11) is 0. The number of rotatable bonds is 4. The Morgan fingerprint density at radius 2 is 2.36 bits per heavy atom. The highest BCUT2D eigenvalue weighted by Crippen LogP contribution is 2.43. The highest BCUT2D eigenvalue weighted by molar-refractivity contribution is 5.00. The van der Waals surface area contributed by atoms with E-state index in [4.69, 9.17) is 5.73 Å². The highest BCUT2D eigenvalue weighted by atomic mass is 14.7. The van der Waals surface area contributed by atoms with Gasteiger partial charge in [-0.3, -0.25) is 0 Å². The minimum absolute atomic E-state index is 0.387. The van der Waals surface area contributed by atoms with Gasteiger partial charge in [-0.05, 0) is 31.6 Å². The summed E-state index contributed by atoms with van der Waals surface area (Å²) in [5.74, 6) is 1.72. The molecular formula is C10H19N. The first-order valence-corrected chi connectivity index (χ1v) is 4.55. The third-order valence-electron chi connectivity index (χ3n) is 2.64. The van der Waals surface area contributed by atoms with Gasteiger partial charge in [0.05, 0.1) is 0 Å². The number of nitrogens with two attached hydrogens (primary N) is 1. The van der Waals surface area contributed by atoms with Crippen molar-refractivity contribution in [2.75, 3.05) is 0 Å². The minimum Gasteiger partial charge on any atom is -0.327 e. The molecule has 3 unspecified atom stereocenters. The topological polar surface area (TPSA) is 26.0 Å². The van der Waals surface area contributed by atoms with Crippen molar-refractivity contribution < 1.29 is 0 Å². The molecule has 0 heterocycles. The van der Waals surface area contributed by atoms with E-state index in [0.29, 0.717) is 6.04 Å². The van der Waals surface area contributed by atoms with Gasteiger partial charge in [0.1, 0.15) is 0 Å². The van der Waals surface area contributed by atoms with E-state index in [2.05, 4.69) is 20.4 Å². The van der Waals surface area contributed by atoms with Crippen LogP contribution in [0.1, 0.15) is 33.1 Å². The van der Waals surface area contributed by atoms with Gasteiger partial charge in [0, 0.05) is 6.04 Å². The molecule has 0 aromatic heterocycles. The molecule has 1 fully saturated rings. The molecule has 64 valence electrons. The second kappa shape index (κ2) is 3.40. The SMILES string of the molecule is C=C(C)CC(N)C1CC1CC. The fraction of sp³-hybridized carbons (Fsp3) is 0.800. The van der Waals surface area contributed by atoms with Crippen molar-refractivity contribution in [2.24, 2.45) is 17.6 Å². The molecule has 1 rings (SSSR count). The first kappa shape index (κ1) is 8.79. The lowest BCUT2D eigenvalue weighted by molar-refractivity contribution is 0.539. The smallest absolute Gasteiger partial charge is 0.0107 e. The Morgan fingerprint density at radius 1 is 1.73 bits per heavy atom. The van der Waals surface area contributed by atoms with Crippen molar-refractivity contribution in [1.29, 1.82) is 0 Å². The van der Waals surface area contributed by atoms with E-state index >= 15 is 0 Å². The molecule has 1 nitrogen and oxygen atoms in total. The average Bonchev–Trinajstić information content (AvgIpc) is 2.63. The van der Waals surface area contributed by atoms with Crippen LogP contribution in [0.5, 0.6) is 0 Å². The van der Waals surface area contributed by atoms with Crippen LogP contribution >= 0.6 is 0 Å². The molecule has 0 saturated heterocycles. The number of hydrogen-bond donors (Lipinski definition) is 1. The zero-order chi connectivity index (χ0) is 8.43.